The third-order valence-corrected chi connectivity index (χ3v) is 5.84. The van der Waals surface area contributed by atoms with Gasteiger partial charge in [0.1, 0.15) is 5.82 Å². The lowest BCUT2D eigenvalue weighted by Crippen LogP contribution is -2.32. The molecule has 1 heterocycles. The Bertz CT molecular complexity index is 1060. The summed E-state index contributed by atoms with van der Waals surface area (Å²) in [6.07, 6.45) is 4.44. The zero-order chi connectivity index (χ0) is 23.8. The highest BCUT2D eigenvalue weighted by Crippen LogP contribution is 2.30. The van der Waals surface area contributed by atoms with Crippen molar-refractivity contribution >= 4 is 5.97 Å². The van der Waals surface area contributed by atoms with Crippen LogP contribution in [-0.4, -0.2) is 40.1 Å². The summed E-state index contributed by atoms with van der Waals surface area (Å²) in [6.45, 7) is 4.79. The lowest BCUT2D eigenvalue weighted by Gasteiger charge is -2.27. The smallest absolute Gasteiger partial charge is 0.336 e. The first-order valence-electron chi connectivity index (χ1n) is 11.4. The van der Waals surface area contributed by atoms with Gasteiger partial charge in [0.25, 0.3) is 0 Å². The molecule has 0 spiro atoms. The summed E-state index contributed by atoms with van der Waals surface area (Å²) >= 11 is 0. The fourth-order valence-electron chi connectivity index (χ4n) is 3.98. The molecule has 1 N–H and O–H groups in total. The number of unbranched alkanes of at least 4 members (excludes halogenated alkanes) is 1. The Balaban J connectivity index is 1.91. The zero-order valence-electron chi connectivity index (χ0n) is 19.9. The van der Waals surface area contributed by atoms with Crippen molar-refractivity contribution in [2.24, 2.45) is 0 Å². The molecule has 7 nitrogen and oxygen atoms in total. The van der Waals surface area contributed by atoms with Crippen LogP contribution in [0.1, 0.15) is 67.1 Å². The highest BCUT2D eigenvalue weighted by atomic mass is 16.7. The van der Waals surface area contributed by atoms with E-state index in [0.717, 1.165) is 42.6 Å². The normalized spacial score (nSPS) is 11.6. The molecule has 33 heavy (non-hydrogen) atoms. The molecular weight excluding hydrogens is 418 g/mol. The van der Waals surface area contributed by atoms with Gasteiger partial charge in [0, 0.05) is 27.1 Å². The average Bonchev–Trinajstić information content (AvgIpc) is 3.24. The van der Waals surface area contributed by atoms with Gasteiger partial charge in [0.2, 0.25) is 11.6 Å². The molecule has 176 valence electrons. The molecule has 0 fully saturated rings. The van der Waals surface area contributed by atoms with Crippen molar-refractivity contribution in [3.8, 4) is 11.1 Å². The van der Waals surface area contributed by atoms with Crippen molar-refractivity contribution in [2.75, 3.05) is 14.2 Å². The highest BCUT2D eigenvalue weighted by molar-refractivity contribution is 5.95. The van der Waals surface area contributed by atoms with E-state index in [-0.39, 0.29) is 0 Å². The highest BCUT2D eigenvalue weighted by Gasteiger charge is 2.36. The van der Waals surface area contributed by atoms with Crippen LogP contribution in [0, 0.1) is 0 Å². The summed E-state index contributed by atoms with van der Waals surface area (Å²) in [5.74, 6) is -0.433. The molecule has 7 heteroatoms. The van der Waals surface area contributed by atoms with Crippen LogP contribution in [0.25, 0.3) is 11.1 Å². The number of benzene rings is 2. The fourth-order valence-corrected chi connectivity index (χ4v) is 3.98. The quantitative estimate of drug-likeness (QED) is 0.377. The third kappa shape index (κ3) is 5.49. The SMILES string of the molecule is CCCCc1nc(C(CCC)(OC)OC)nn1Cc1ccc(-c2ccccc2C(=O)O)cc1. The van der Waals surface area contributed by atoms with E-state index in [4.69, 9.17) is 19.6 Å². The molecule has 0 saturated carbocycles. The van der Waals surface area contributed by atoms with Gasteiger partial charge in [-0.2, -0.15) is 0 Å². The van der Waals surface area contributed by atoms with Crippen molar-refractivity contribution in [1.29, 1.82) is 0 Å². The predicted octanol–water partition coefficient (Wildman–Crippen LogP) is 5.28. The van der Waals surface area contributed by atoms with Gasteiger partial charge in [-0.3, -0.25) is 0 Å². The summed E-state index contributed by atoms with van der Waals surface area (Å²) in [5, 5.41) is 14.3. The summed E-state index contributed by atoms with van der Waals surface area (Å²) in [7, 11) is 3.25. The third-order valence-electron chi connectivity index (χ3n) is 5.84. The standard InChI is InChI=1S/C26H33N3O4/c1-5-7-12-23-27-25(26(32-3,33-4)17-6-2)28-29(23)18-19-13-15-20(16-14-19)21-10-8-9-11-22(21)24(30)31/h8-11,13-16H,5-7,12,17-18H2,1-4H3,(H,30,31). The number of aromatic nitrogens is 3. The molecule has 1 aromatic heterocycles. The number of aromatic carboxylic acids is 1. The molecular formula is C26H33N3O4. The Morgan fingerprint density at radius 3 is 2.33 bits per heavy atom. The number of ether oxygens (including phenoxy) is 2. The van der Waals surface area contributed by atoms with E-state index in [2.05, 4.69) is 13.8 Å². The van der Waals surface area contributed by atoms with E-state index in [1.165, 1.54) is 0 Å². The van der Waals surface area contributed by atoms with Gasteiger partial charge in [-0.25, -0.2) is 14.5 Å². The topological polar surface area (TPSA) is 86.5 Å². The number of carboxylic acids is 1. The van der Waals surface area contributed by atoms with Crippen LogP contribution in [0.15, 0.2) is 48.5 Å². The Kier molecular flexibility index (Phi) is 8.36. The van der Waals surface area contributed by atoms with E-state index < -0.39 is 11.8 Å². The number of carbonyl (C=O) groups is 1. The predicted molar refractivity (Wildman–Crippen MR) is 127 cm³/mol. The van der Waals surface area contributed by atoms with Crippen LogP contribution in [0.2, 0.25) is 0 Å². The van der Waals surface area contributed by atoms with Gasteiger partial charge in [0.15, 0.2) is 0 Å². The van der Waals surface area contributed by atoms with Crippen LogP contribution < -0.4 is 0 Å². The van der Waals surface area contributed by atoms with Gasteiger partial charge in [-0.1, -0.05) is 69.2 Å². The summed E-state index contributed by atoms with van der Waals surface area (Å²) < 4.78 is 13.4. The monoisotopic (exact) mass is 451 g/mol. The number of nitrogens with zero attached hydrogens (tertiary/aromatic N) is 3. The van der Waals surface area contributed by atoms with E-state index in [9.17, 15) is 9.90 Å². The number of methoxy groups -OCH3 is 2. The van der Waals surface area contributed by atoms with Crippen LogP contribution >= 0.6 is 0 Å². The lowest BCUT2D eigenvalue weighted by molar-refractivity contribution is -0.225. The molecule has 0 atom stereocenters. The van der Waals surface area contributed by atoms with Gasteiger partial charge in [-0.15, -0.1) is 5.10 Å². The lowest BCUT2D eigenvalue weighted by atomic mass is 9.99. The Morgan fingerprint density at radius 2 is 1.73 bits per heavy atom. The van der Waals surface area contributed by atoms with Crippen LogP contribution in [0.4, 0.5) is 0 Å². The molecule has 0 unspecified atom stereocenters. The number of aryl methyl sites for hydroxylation is 1. The number of hydrogen-bond donors (Lipinski definition) is 1. The largest absolute Gasteiger partial charge is 0.478 e. The van der Waals surface area contributed by atoms with Crippen molar-refractivity contribution in [2.45, 2.75) is 58.3 Å². The summed E-state index contributed by atoms with van der Waals surface area (Å²) in [5.41, 5.74) is 2.91. The van der Waals surface area contributed by atoms with Gasteiger partial charge in [-0.05, 0) is 29.2 Å². The van der Waals surface area contributed by atoms with E-state index >= 15 is 0 Å². The fraction of sp³-hybridized carbons (Fsp3) is 0.423. The minimum Gasteiger partial charge on any atom is -0.478 e. The maximum atomic E-state index is 11.6. The number of hydrogen-bond acceptors (Lipinski definition) is 5. The molecule has 0 bridgehead atoms. The molecule has 0 aliphatic rings. The number of carboxylic acid groups (broad SMARTS) is 1. The van der Waals surface area contributed by atoms with E-state index in [1.54, 1.807) is 26.4 Å². The second kappa shape index (κ2) is 11.2. The molecule has 3 rings (SSSR count). The minimum atomic E-state index is -0.953. The van der Waals surface area contributed by atoms with Crippen molar-refractivity contribution < 1.29 is 19.4 Å². The molecule has 0 aliphatic carbocycles. The number of rotatable bonds is 12. The van der Waals surface area contributed by atoms with Crippen molar-refractivity contribution in [1.82, 2.24) is 14.8 Å². The van der Waals surface area contributed by atoms with Crippen LogP contribution in [0.5, 0.6) is 0 Å². The zero-order valence-corrected chi connectivity index (χ0v) is 19.9. The maximum Gasteiger partial charge on any atom is 0.336 e. The molecule has 0 aliphatic heterocycles. The van der Waals surface area contributed by atoms with Crippen molar-refractivity contribution in [3.63, 3.8) is 0 Å². The molecule has 0 saturated heterocycles. The van der Waals surface area contributed by atoms with Gasteiger partial charge < -0.3 is 14.6 Å². The van der Waals surface area contributed by atoms with E-state index in [1.807, 2.05) is 41.1 Å². The molecule has 3 aromatic rings. The van der Waals surface area contributed by atoms with Crippen molar-refractivity contribution in [3.05, 3.63) is 71.3 Å². The second-order valence-electron chi connectivity index (χ2n) is 8.07. The van der Waals surface area contributed by atoms with Gasteiger partial charge >= 0.3 is 5.97 Å². The first-order chi connectivity index (χ1) is 16.0. The molecule has 0 amide bonds. The average molecular weight is 452 g/mol. The first-order valence-corrected chi connectivity index (χ1v) is 11.4. The van der Waals surface area contributed by atoms with Crippen LogP contribution in [0.3, 0.4) is 0 Å². The maximum absolute atomic E-state index is 11.6. The van der Waals surface area contributed by atoms with Crippen LogP contribution in [-0.2, 0) is 28.2 Å². The Hall–Kier alpha value is -3.03. The Labute approximate surface area is 195 Å². The Morgan fingerprint density at radius 1 is 1.03 bits per heavy atom. The van der Waals surface area contributed by atoms with E-state index in [0.29, 0.717) is 29.9 Å². The minimum absolute atomic E-state index is 0.291. The summed E-state index contributed by atoms with van der Waals surface area (Å²) in [6, 6.07) is 14.9. The molecule has 0 radical (unpaired) electrons. The molecule has 2 aromatic carbocycles. The van der Waals surface area contributed by atoms with Gasteiger partial charge in [0.05, 0.1) is 12.1 Å². The summed E-state index contributed by atoms with van der Waals surface area (Å²) in [4.78, 5) is 16.4. The first kappa shape index (κ1) is 24.6. The second-order valence-corrected chi connectivity index (χ2v) is 8.07.